The number of hydrogen-bond acceptors (Lipinski definition) is 4. The maximum atomic E-state index is 11.7. The number of guanidine groups is 1. The minimum absolute atomic E-state index is 0.383. The van der Waals surface area contributed by atoms with E-state index in [9.17, 15) is 8.42 Å². The third-order valence-corrected chi connectivity index (χ3v) is 5.97. The second-order valence-corrected chi connectivity index (χ2v) is 9.30. The lowest BCUT2D eigenvalue weighted by Gasteiger charge is -2.25. The zero-order chi connectivity index (χ0) is 19.3. The van der Waals surface area contributed by atoms with E-state index in [1.807, 2.05) is 26.0 Å². The molecule has 1 aliphatic rings. The zero-order valence-electron chi connectivity index (χ0n) is 16.5. The van der Waals surface area contributed by atoms with E-state index in [0.717, 1.165) is 36.1 Å². The van der Waals surface area contributed by atoms with Crippen molar-refractivity contribution in [2.45, 2.75) is 44.2 Å². The summed E-state index contributed by atoms with van der Waals surface area (Å²) in [5.41, 5.74) is 1.76. The highest BCUT2D eigenvalue weighted by Gasteiger charge is 2.32. The standard InChI is InChI=1S/C19H32N4O2S/c1-6-20-19(22-13-17(23(3)4)16-8-9-16)21-12-15-7-10-18(14(2)11-15)26(5,24)25/h7,10-11,16-17H,6,8-9,12-13H2,1-5H3,(H2,20,21,22). The summed E-state index contributed by atoms with van der Waals surface area (Å²) in [6.45, 7) is 6.05. The van der Waals surface area contributed by atoms with Crippen LogP contribution in [0.25, 0.3) is 0 Å². The number of hydrogen-bond donors (Lipinski definition) is 2. The summed E-state index contributed by atoms with van der Waals surface area (Å²) < 4.78 is 23.5. The number of rotatable bonds is 8. The number of aliphatic imine (C=N–C) groups is 1. The minimum atomic E-state index is -3.18. The van der Waals surface area contributed by atoms with Gasteiger partial charge in [-0.1, -0.05) is 12.1 Å². The first-order chi connectivity index (χ1) is 12.2. The lowest BCUT2D eigenvalue weighted by Crippen LogP contribution is -2.46. The third kappa shape index (κ3) is 5.99. The third-order valence-electron chi connectivity index (χ3n) is 4.71. The fourth-order valence-electron chi connectivity index (χ4n) is 3.19. The van der Waals surface area contributed by atoms with Gasteiger partial charge in [-0.3, -0.25) is 0 Å². The number of nitrogens with one attached hydrogen (secondary N) is 2. The van der Waals surface area contributed by atoms with Gasteiger partial charge in [-0.25, -0.2) is 13.4 Å². The van der Waals surface area contributed by atoms with Gasteiger partial charge in [0.2, 0.25) is 0 Å². The topological polar surface area (TPSA) is 73.8 Å². The van der Waals surface area contributed by atoms with Crippen molar-refractivity contribution < 1.29 is 8.42 Å². The minimum Gasteiger partial charge on any atom is -0.357 e. The number of aryl methyl sites for hydroxylation is 1. The summed E-state index contributed by atoms with van der Waals surface area (Å²) in [7, 11) is 1.07. The molecular formula is C19H32N4O2S. The van der Waals surface area contributed by atoms with Gasteiger partial charge in [0, 0.05) is 25.4 Å². The predicted molar refractivity (Wildman–Crippen MR) is 107 cm³/mol. The average Bonchev–Trinajstić information content (AvgIpc) is 3.36. The van der Waals surface area contributed by atoms with Crippen molar-refractivity contribution >= 4 is 15.8 Å². The Bertz CT molecular complexity index is 738. The van der Waals surface area contributed by atoms with Crippen molar-refractivity contribution in [1.29, 1.82) is 0 Å². The van der Waals surface area contributed by atoms with E-state index in [4.69, 9.17) is 0 Å². The summed E-state index contributed by atoms with van der Waals surface area (Å²) >= 11 is 0. The van der Waals surface area contributed by atoms with Crippen LogP contribution in [0, 0.1) is 12.8 Å². The highest BCUT2D eigenvalue weighted by molar-refractivity contribution is 7.90. The van der Waals surface area contributed by atoms with Crippen molar-refractivity contribution in [3.05, 3.63) is 29.3 Å². The first kappa shape index (κ1) is 20.7. The molecule has 0 saturated heterocycles. The number of nitrogens with zero attached hydrogens (tertiary/aromatic N) is 2. The van der Waals surface area contributed by atoms with E-state index in [1.54, 1.807) is 6.07 Å². The van der Waals surface area contributed by atoms with E-state index < -0.39 is 9.84 Å². The average molecular weight is 381 g/mol. The maximum Gasteiger partial charge on any atom is 0.191 e. The van der Waals surface area contributed by atoms with Gasteiger partial charge >= 0.3 is 0 Å². The SMILES string of the molecule is CCNC(=NCc1ccc(S(C)(=O)=O)c(C)c1)NCC(C1CC1)N(C)C. The molecule has 6 nitrogen and oxygen atoms in total. The zero-order valence-corrected chi connectivity index (χ0v) is 17.4. The van der Waals surface area contributed by atoms with Gasteiger partial charge in [-0.05, 0) is 63.9 Å². The molecule has 0 amide bonds. The highest BCUT2D eigenvalue weighted by atomic mass is 32.2. The Morgan fingerprint density at radius 2 is 2.00 bits per heavy atom. The summed E-state index contributed by atoms with van der Waals surface area (Å²) in [6, 6.07) is 5.93. The van der Waals surface area contributed by atoms with Crippen LogP contribution in [0.1, 0.15) is 30.9 Å². The van der Waals surface area contributed by atoms with Crippen molar-refractivity contribution in [3.8, 4) is 0 Å². The van der Waals surface area contributed by atoms with Gasteiger partial charge in [0.15, 0.2) is 15.8 Å². The number of likely N-dealkylation sites (N-methyl/N-ethyl adjacent to an activating group) is 1. The molecular weight excluding hydrogens is 348 g/mol. The molecule has 0 bridgehead atoms. The quantitative estimate of drug-likeness (QED) is 0.531. The first-order valence-electron chi connectivity index (χ1n) is 9.20. The molecule has 146 valence electrons. The number of benzene rings is 1. The Hall–Kier alpha value is -1.60. The molecule has 0 heterocycles. The molecule has 7 heteroatoms. The molecule has 2 N–H and O–H groups in total. The summed E-state index contributed by atoms with van der Waals surface area (Å²) in [4.78, 5) is 7.32. The maximum absolute atomic E-state index is 11.7. The molecule has 1 unspecified atom stereocenters. The molecule has 1 aliphatic carbocycles. The Morgan fingerprint density at radius 1 is 1.31 bits per heavy atom. The van der Waals surface area contributed by atoms with Crippen LogP contribution < -0.4 is 10.6 Å². The second kappa shape index (κ2) is 8.86. The molecule has 1 aromatic rings. The van der Waals surface area contributed by atoms with Crippen LogP contribution in [-0.2, 0) is 16.4 Å². The lowest BCUT2D eigenvalue weighted by atomic mass is 10.1. The van der Waals surface area contributed by atoms with E-state index >= 15 is 0 Å². The Labute approximate surface area is 158 Å². The Morgan fingerprint density at radius 3 is 2.50 bits per heavy atom. The molecule has 2 rings (SSSR count). The van der Waals surface area contributed by atoms with E-state index in [2.05, 4.69) is 34.6 Å². The van der Waals surface area contributed by atoms with Gasteiger partial charge in [0.25, 0.3) is 0 Å². The first-order valence-corrected chi connectivity index (χ1v) is 11.1. The molecule has 0 aromatic heterocycles. The molecule has 1 atom stereocenters. The molecule has 0 radical (unpaired) electrons. The van der Waals surface area contributed by atoms with Gasteiger partial charge in [-0.2, -0.15) is 0 Å². The molecule has 1 aromatic carbocycles. The lowest BCUT2D eigenvalue weighted by molar-refractivity contribution is 0.264. The predicted octanol–water partition coefficient (Wildman–Crippen LogP) is 1.79. The van der Waals surface area contributed by atoms with Gasteiger partial charge in [0.1, 0.15) is 0 Å². The fraction of sp³-hybridized carbons (Fsp3) is 0.632. The molecule has 0 aliphatic heterocycles. The van der Waals surface area contributed by atoms with E-state index in [-0.39, 0.29) is 0 Å². The normalized spacial score (nSPS) is 16.6. The van der Waals surface area contributed by atoms with Crippen molar-refractivity contribution in [2.75, 3.05) is 33.4 Å². The van der Waals surface area contributed by atoms with Crippen LogP contribution in [0.15, 0.2) is 28.1 Å². The number of sulfone groups is 1. The van der Waals surface area contributed by atoms with Crippen LogP contribution in [0.2, 0.25) is 0 Å². The highest BCUT2D eigenvalue weighted by Crippen LogP contribution is 2.34. The van der Waals surface area contributed by atoms with Gasteiger partial charge in [0.05, 0.1) is 11.4 Å². The molecule has 26 heavy (non-hydrogen) atoms. The largest absolute Gasteiger partial charge is 0.357 e. The molecule has 1 fully saturated rings. The summed E-state index contributed by atoms with van der Waals surface area (Å²) in [5, 5.41) is 6.73. The van der Waals surface area contributed by atoms with Crippen molar-refractivity contribution in [2.24, 2.45) is 10.9 Å². The monoisotopic (exact) mass is 380 g/mol. The van der Waals surface area contributed by atoms with Crippen LogP contribution in [0.4, 0.5) is 0 Å². The van der Waals surface area contributed by atoms with Crippen LogP contribution in [0.5, 0.6) is 0 Å². The van der Waals surface area contributed by atoms with Crippen molar-refractivity contribution in [1.82, 2.24) is 15.5 Å². The van der Waals surface area contributed by atoms with Crippen molar-refractivity contribution in [3.63, 3.8) is 0 Å². The summed E-state index contributed by atoms with van der Waals surface area (Å²) in [5.74, 6) is 1.58. The Kier molecular flexibility index (Phi) is 7.06. The molecule has 0 spiro atoms. The smallest absolute Gasteiger partial charge is 0.191 e. The van der Waals surface area contributed by atoms with Gasteiger partial charge in [-0.15, -0.1) is 0 Å². The van der Waals surface area contributed by atoms with Crippen LogP contribution >= 0.6 is 0 Å². The van der Waals surface area contributed by atoms with E-state index in [0.29, 0.717) is 17.5 Å². The Balaban J connectivity index is 2.03. The summed E-state index contributed by atoms with van der Waals surface area (Å²) in [6.07, 6.45) is 3.86. The fourth-order valence-corrected chi connectivity index (χ4v) is 4.15. The second-order valence-electron chi connectivity index (χ2n) is 7.32. The van der Waals surface area contributed by atoms with Gasteiger partial charge < -0.3 is 15.5 Å². The molecule has 1 saturated carbocycles. The van der Waals surface area contributed by atoms with Crippen LogP contribution in [0.3, 0.4) is 0 Å². The van der Waals surface area contributed by atoms with E-state index in [1.165, 1.54) is 19.1 Å². The van der Waals surface area contributed by atoms with Crippen LogP contribution in [-0.4, -0.2) is 58.8 Å².